The largest absolute Gasteiger partial charge is 0.369 e. The SMILES string of the molecule is CC1(C)COC(c2ccccc2)CN1C(=O)CCCN. The zero-order valence-electron chi connectivity index (χ0n) is 12.3. The molecule has 0 radical (unpaired) electrons. The van der Waals surface area contributed by atoms with Gasteiger partial charge in [0.25, 0.3) is 0 Å². The number of benzene rings is 1. The van der Waals surface area contributed by atoms with Gasteiger partial charge in [-0.15, -0.1) is 0 Å². The van der Waals surface area contributed by atoms with Gasteiger partial charge in [0.1, 0.15) is 6.10 Å². The third kappa shape index (κ3) is 3.38. The number of ether oxygens (including phenoxy) is 1. The summed E-state index contributed by atoms with van der Waals surface area (Å²) in [6.45, 7) is 5.82. The summed E-state index contributed by atoms with van der Waals surface area (Å²) in [7, 11) is 0. The Morgan fingerprint density at radius 2 is 2.10 bits per heavy atom. The van der Waals surface area contributed by atoms with Gasteiger partial charge in [0.05, 0.1) is 18.7 Å². The summed E-state index contributed by atoms with van der Waals surface area (Å²) in [5.41, 5.74) is 6.37. The van der Waals surface area contributed by atoms with Crippen LogP contribution in [0.1, 0.15) is 38.4 Å². The van der Waals surface area contributed by atoms with E-state index in [-0.39, 0.29) is 17.6 Å². The first-order valence-corrected chi connectivity index (χ1v) is 7.21. The van der Waals surface area contributed by atoms with Crippen LogP contribution in [0.4, 0.5) is 0 Å². The highest BCUT2D eigenvalue weighted by molar-refractivity contribution is 5.77. The average molecular weight is 276 g/mol. The molecule has 1 aliphatic heterocycles. The number of carbonyl (C=O) groups is 1. The summed E-state index contributed by atoms with van der Waals surface area (Å²) in [6.07, 6.45) is 1.22. The maximum atomic E-state index is 12.4. The molecule has 1 amide bonds. The van der Waals surface area contributed by atoms with Crippen LogP contribution in [0.2, 0.25) is 0 Å². The molecule has 4 heteroatoms. The predicted molar refractivity (Wildman–Crippen MR) is 79.2 cm³/mol. The normalized spacial score (nSPS) is 21.8. The molecule has 0 saturated carbocycles. The van der Waals surface area contributed by atoms with Gasteiger partial charge < -0.3 is 15.4 Å². The highest BCUT2D eigenvalue weighted by Crippen LogP contribution is 2.30. The van der Waals surface area contributed by atoms with Crippen molar-refractivity contribution < 1.29 is 9.53 Å². The molecule has 110 valence electrons. The monoisotopic (exact) mass is 276 g/mol. The van der Waals surface area contributed by atoms with Crippen molar-refractivity contribution in [1.82, 2.24) is 4.90 Å². The van der Waals surface area contributed by atoms with Crippen LogP contribution >= 0.6 is 0 Å². The second-order valence-electron chi connectivity index (χ2n) is 5.92. The molecule has 1 aromatic carbocycles. The molecule has 0 aliphatic carbocycles. The van der Waals surface area contributed by atoms with Crippen molar-refractivity contribution in [2.75, 3.05) is 19.7 Å². The molecule has 2 N–H and O–H groups in total. The Labute approximate surface area is 120 Å². The Kier molecular flexibility index (Phi) is 4.78. The number of nitrogens with two attached hydrogens (primary N) is 1. The number of nitrogens with zero attached hydrogens (tertiary/aromatic N) is 1. The zero-order chi connectivity index (χ0) is 14.6. The van der Waals surface area contributed by atoms with Crippen molar-refractivity contribution in [2.24, 2.45) is 5.73 Å². The lowest BCUT2D eigenvalue weighted by atomic mass is 9.97. The number of amides is 1. The zero-order valence-corrected chi connectivity index (χ0v) is 12.3. The molecular formula is C16H24N2O2. The van der Waals surface area contributed by atoms with E-state index in [9.17, 15) is 4.79 Å². The molecule has 0 spiro atoms. The molecule has 1 atom stereocenters. The quantitative estimate of drug-likeness (QED) is 0.916. The first-order valence-electron chi connectivity index (χ1n) is 7.21. The molecule has 1 saturated heterocycles. The van der Waals surface area contributed by atoms with Gasteiger partial charge in [-0.1, -0.05) is 30.3 Å². The van der Waals surface area contributed by atoms with Crippen LogP contribution < -0.4 is 5.73 Å². The molecule has 2 rings (SSSR count). The number of rotatable bonds is 4. The van der Waals surface area contributed by atoms with Crippen LogP contribution in [-0.4, -0.2) is 36.0 Å². The Hall–Kier alpha value is -1.39. The number of hydrogen-bond acceptors (Lipinski definition) is 3. The van der Waals surface area contributed by atoms with Crippen LogP contribution in [0.5, 0.6) is 0 Å². The number of hydrogen-bond donors (Lipinski definition) is 1. The van der Waals surface area contributed by atoms with Crippen LogP contribution in [0, 0.1) is 0 Å². The fourth-order valence-corrected chi connectivity index (χ4v) is 2.55. The molecule has 1 aliphatic rings. The molecule has 1 aromatic rings. The van der Waals surface area contributed by atoms with E-state index in [1.54, 1.807) is 0 Å². The van der Waals surface area contributed by atoms with Crippen LogP contribution in [0.15, 0.2) is 30.3 Å². The van der Waals surface area contributed by atoms with Gasteiger partial charge in [0.2, 0.25) is 5.91 Å². The summed E-state index contributed by atoms with van der Waals surface area (Å²) < 4.78 is 5.95. The van der Waals surface area contributed by atoms with Crippen molar-refractivity contribution in [1.29, 1.82) is 0 Å². The van der Waals surface area contributed by atoms with Crippen molar-refractivity contribution >= 4 is 5.91 Å². The molecule has 20 heavy (non-hydrogen) atoms. The third-order valence-electron chi connectivity index (χ3n) is 3.78. The first kappa shape index (κ1) is 15.0. The summed E-state index contributed by atoms with van der Waals surface area (Å²) in [4.78, 5) is 14.3. The molecular weight excluding hydrogens is 252 g/mol. The second-order valence-corrected chi connectivity index (χ2v) is 5.92. The topological polar surface area (TPSA) is 55.6 Å². The lowest BCUT2D eigenvalue weighted by molar-refractivity contribution is -0.155. The van der Waals surface area contributed by atoms with E-state index < -0.39 is 0 Å². The Morgan fingerprint density at radius 3 is 2.75 bits per heavy atom. The van der Waals surface area contributed by atoms with Crippen LogP contribution in [0.3, 0.4) is 0 Å². The maximum Gasteiger partial charge on any atom is 0.223 e. The molecule has 0 bridgehead atoms. The fraction of sp³-hybridized carbons (Fsp3) is 0.562. The smallest absolute Gasteiger partial charge is 0.223 e. The lowest BCUT2D eigenvalue weighted by Crippen LogP contribution is -2.56. The van der Waals surface area contributed by atoms with Crippen molar-refractivity contribution in [2.45, 2.75) is 38.3 Å². The van der Waals surface area contributed by atoms with Crippen LogP contribution in [-0.2, 0) is 9.53 Å². The minimum absolute atomic E-state index is 0.0361. The van der Waals surface area contributed by atoms with E-state index in [1.165, 1.54) is 0 Å². The summed E-state index contributed by atoms with van der Waals surface area (Å²) in [5.74, 6) is 0.171. The van der Waals surface area contributed by atoms with E-state index in [0.29, 0.717) is 26.1 Å². The molecule has 1 unspecified atom stereocenters. The van der Waals surface area contributed by atoms with Gasteiger partial charge in [-0.3, -0.25) is 4.79 Å². The average Bonchev–Trinajstić information content (AvgIpc) is 2.45. The van der Waals surface area contributed by atoms with Gasteiger partial charge in [0.15, 0.2) is 0 Å². The van der Waals surface area contributed by atoms with Crippen LogP contribution in [0.25, 0.3) is 0 Å². The van der Waals surface area contributed by atoms with Gasteiger partial charge in [0, 0.05) is 6.42 Å². The highest BCUT2D eigenvalue weighted by atomic mass is 16.5. The highest BCUT2D eigenvalue weighted by Gasteiger charge is 2.38. The van der Waals surface area contributed by atoms with E-state index in [1.807, 2.05) is 35.2 Å². The molecule has 4 nitrogen and oxygen atoms in total. The standard InChI is InChI=1S/C16H24N2O2/c1-16(2)12-20-14(13-7-4-3-5-8-13)11-18(16)15(19)9-6-10-17/h3-5,7-8,14H,6,9-12,17H2,1-2H3. The summed E-state index contributed by atoms with van der Waals surface area (Å²) >= 11 is 0. The van der Waals surface area contributed by atoms with E-state index >= 15 is 0 Å². The Bertz CT molecular complexity index is 445. The minimum Gasteiger partial charge on any atom is -0.369 e. The molecule has 1 fully saturated rings. The predicted octanol–water partition coefficient (Wildman–Crippen LogP) is 2.10. The van der Waals surface area contributed by atoms with Gasteiger partial charge >= 0.3 is 0 Å². The van der Waals surface area contributed by atoms with E-state index in [2.05, 4.69) is 13.8 Å². The minimum atomic E-state index is -0.253. The third-order valence-corrected chi connectivity index (χ3v) is 3.78. The summed E-state index contributed by atoms with van der Waals surface area (Å²) in [6, 6.07) is 10.1. The molecule has 0 aromatic heterocycles. The Morgan fingerprint density at radius 1 is 1.40 bits per heavy atom. The Balaban J connectivity index is 2.10. The van der Waals surface area contributed by atoms with Gasteiger partial charge in [-0.25, -0.2) is 0 Å². The lowest BCUT2D eigenvalue weighted by Gasteiger charge is -2.45. The first-order chi connectivity index (χ1) is 9.54. The second kappa shape index (κ2) is 6.37. The van der Waals surface area contributed by atoms with Gasteiger partial charge in [-0.05, 0) is 32.4 Å². The number of carbonyl (C=O) groups excluding carboxylic acids is 1. The van der Waals surface area contributed by atoms with Crippen molar-refractivity contribution in [3.05, 3.63) is 35.9 Å². The van der Waals surface area contributed by atoms with E-state index in [4.69, 9.17) is 10.5 Å². The molecule has 1 heterocycles. The maximum absolute atomic E-state index is 12.4. The fourth-order valence-electron chi connectivity index (χ4n) is 2.55. The van der Waals surface area contributed by atoms with Crippen molar-refractivity contribution in [3.8, 4) is 0 Å². The van der Waals surface area contributed by atoms with Crippen molar-refractivity contribution in [3.63, 3.8) is 0 Å². The number of morpholine rings is 1. The van der Waals surface area contributed by atoms with Gasteiger partial charge in [-0.2, -0.15) is 0 Å². The summed E-state index contributed by atoms with van der Waals surface area (Å²) in [5, 5.41) is 0. The van der Waals surface area contributed by atoms with E-state index in [0.717, 1.165) is 12.0 Å².